The number of carboxylic acid groups (broad SMARTS) is 1. The van der Waals surface area contributed by atoms with Crippen LogP contribution in [0.4, 0.5) is 0 Å². The molecular weight excluding hydrogens is 137 g/mol. The van der Waals surface area contributed by atoms with Gasteiger partial charge in [-0.1, -0.05) is 0 Å². The molecule has 0 aliphatic carbocycles. The monoisotopic (exact) mass is 139 g/mol. The van der Waals surface area contributed by atoms with Crippen LogP contribution in [0.2, 0.25) is 0 Å². The molecular formula is C4H2BNO2S. The molecule has 0 atom stereocenters. The first-order chi connectivity index (χ1) is 4.20. The fourth-order valence-corrected chi connectivity index (χ4v) is 0.923. The van der Waals surface area contributed by atoms with Crippen LogP contribution in [0.3, 0.4) is 0 Å². The highest BCUT2D eigenvalue weighted by molar-refractivity contribution is 7.17. The van der Waals surface area contributed by atoms with Crippen LogP contribution in [-0.2, 0) is 0 Å². The van der Waals surface area contributed by atoms with E-state index in [9.17, 15) is 4.79 Å². The first-order valence-electron chi connectivity index (χ1n) is 2.14. The van der Waals surface area contributed by atoms with Gasteiger partial charge in [-0.15, -0.1) is 11.3 Å². The second-order valence-electron chi connectivity index (χ2n) is 1.38. The van der Waals surface area contributed by atoms with Crippen LogP contribution in [0.15, 0.2) is 5.38 Å². The maximum Gasteiger partial charge on any atom is 0.355 e. The fraction of sp³-hybridized carbons (Fsp3) is 0. The summed E-state index contributed by atoms with van der Waals surface area (Å²) in [6, 6.07) is 0. The first-order valence-corrected chi connectivity index (χ1v) is 3.02. The molecule has 0 aromatic carbocycles. The molecule has 9 heavy (non-hydrogen) atoms. The Hall–Kier alpha value is -0.835. The molecule has 0 saturated heterocycles. The molecule has 0 saturated carbocycles. The van der Waals surface area contributed by atoms with Crippen molar-refractivity contribution in [3.05, 3.63) is 11.1 Å². The van der Waals surface area contributed by atoms with Crippen LogP contribution < -0.4 is 4.91 Å². The molecule has 1 aromatic rings. The third-order valence-electron chi connectivity index (χ3n) is 0.741. The fourth-order valence-electron chi connectivity index (χ4n) is 0.386. The molecule has 1 N–H and O–H groups in total. The molecule has 1 rings (SSSR count). The average Bonchev–Trinajstić information content (AvgIpc) is 2.14. The summed E-state index contributed by atoms with van der Waals surface area (Å²) >= 11 is 1.12. The summed E-state index contributed by atoms with van der Waals surface area (Å²) < 4.78 is 0. The van der Waals surface area contributed by atoms with Gasteiger partial charge in [0.2, 0.25) is 0 Å². The Morgan fingerprint density at radius 3 is 2.78 bits per heavy atom. The van der Waals surface area contributed by atoms with E-state index in [1.807, 2.05) is 0 Å². The van der Waals surface area contributed by atoms with Gasteiger partial charge >= 0.3 is 5.97 Å². The SMILES string of the molecule is [B]c1nc(C(=O)O)cs1. The summed E-state index contributed by atoms with van der Waals surface area (Å²) in [5, 5.41) is 9.69. The van der Waals surface area contributed by atoms with Gasteiger partial charge in [0.15, 0.2) is 13.5 Å². The molecule has 0 amide bonds. The molecule has 5 heteroatoms. The van der Waals surface area contributed by atoms with Crippen LogP contribution in [0.5, 0.6) is 0 Å². The third kappa shape index (κ3) is 1.29. The second kappa shape index (κ2) is 2.18. The summed E-state index contributed by atoms with van der Waals surface area (Å²) in [7, 11) is 5.16. The number of rotatable bonds is 1. The topological polar surface area (TPSA) is 50.2 Å². The van der Waals surface area contributed by atoms with E-state index in [1.165, 1.54) is 5.38 Å². The molecule has 1 heterocycles. The average molecular weight is 139 g/mol. The number of nitrogens with zero attached hydrogens (tertiary/aromatic N) is 1. The Morgan fingerprint density at radius 2 is 2.56 bits per heavy atom. The number of aromatic carboxylic acids is 1. The zero-order valence-electron chi connectivity index (χ0n) is 4.37. The molecule has 1 aromatic heterocycles. The minimum atomic E-state index is -1.04. The van der Waals surface area contributed by atoms with Crippen molar-refractivity contribution in [3.8, 4) is 0 Å². The Balaban J connectivity index is 2.98. The molecule has 0 spiro atoms. The van der Waals surface area contributed by atoms with Gasteiger partial charge in [-0.3, -0.25) is 0 Å². The van der Waals surface area contributed by atoms with E-state index in [2.05, 4.69) is 4.98 Å². The maximum atomic E-state index is 10.1. The van der Waals surface area contributed by atoms with Crippen molar-refractivity contribution in [1.82, 2.24) is 4.98 Å². The minimum absolute atomic E-state index is 0.0116. The number of thiazole rings is 1. The number of hydrogen-bond donors (Lipinski definition) is 1. The largest absolute Gasteiger partial charge is 0.476 e. The normalized spacial score (nSPS) is 9.33. The van der Waals surface area contributed by atoms with E-state index >= 15 is 0 Å². The van der Waals surface area contributed by atoms with Crippen molar-refractivity contribution in [2.24, 2.45) is 0 Å². The highest BCUT2D eigenvalue weighted by atomic mass is 32.1. The van der Waals surface area contributed by atoms with Crippen LogP contribution in [-0.4, -0.2) is 23.9 Å². The van der Waals surface area contributed by atoms with Crippen molar-refractivity contribution in [1.29, 1.82) is 0 Å². The lowest BCUT2D eigenvalue weighted by Crippen LogP contribution is -2.03. The molecule has 3 nitrogen and oxygen atoms in total. The number of carbonyl (C=O) groups is 1. The number of hydrogen-bond acceptors (Lipinski definition) is 3. The maximum absolute atomic E-state index is 10.1. The minimum Gasteiger partial charge on any atom is -0.476 e. The Labute approximate surface area is 56.8 Å². The summed E-state index contributed by atoms with van der Waals surface area (Å²) in [5.41, 5.74) is 0.0116. The molecule has 2 radical (unpaired) electrons. The van der Waals surface area contributed by atoms with Gasteiger partial charge in [0.1, 0.15) is 0 Å². The van der Waals surface area contributed by atoms with E-state index in [0.717, 1.165) is 11.3 Å². The molecule has 0 aliphatic rings. The van der Waals surface area contributed by atoms with Crippen LogP contribution in [0, 0.1) is 0 Å². The molecule has 0 bridgehead atoms. The zero-order chi connectivity index (χ0) is 6.85. The molecule has 0 unspecified atom stereocenters. The van der Waals surface area contributed by atoms with Crippen molar-refractivity contribution in [2.45, 2.75) is 0 Å². The van der Waals surface area contributed by atoms with Crippen LogP contribution >= 0.6 is 11.3 Å². The summed E-state index contributed by atoms with van der Waals surface area (Å²) in [6.45, 7) is 0. The van der Waals surface area contributed by atoms with Gasteiger partial charge in [-0.05, 0) is 0 Å². The predicted molar refractivity (Wildman–Crippen MR) is 34.5 cm³/mol. The number of carboxylic acids is 1. The zero-order valence-corrected chi connectivity index (χ0v) is 5.18. The Morgan fingerprint density at radius 1 is 1.89 bits per heavy atom. The molecule has 0 aliphatic heterocycles. The van der Waals surface area contributed by atoms with Crippen molar-refractivity contribution in [3.63, 3.8) is 0 Å². The van der Waals surface area contributed by atoms with Gasteiger partial charge in [0, 0.05) is 10.3 Å². The van der Waals surface area contributed by atoms with Gasteiger partial charge in [0.05, 0.1) is 0 Å². The highest BCUT2D eigenvalue weighted by Gasteiger charge is 2.04. The molecule has 0 fully saturated rings. The van der Waals surface area contributed by atoms with Gasteiger partial charge < -0.3 is 5.11 Å². The van der Waals surface area contributed by atoms with Crippen LogP contribution in [0.1, 0.15) is 10.5 Å². The van der Waals surface area contributed by atoms with Crippen molar-refractivity contribution in [2.75, 3.05) is 0 Å². The quantitative estimate of drug-likeness (QED) is 0.540. The standard InChI is InChI=1S/C4H2BNO2S/c5-4-6-2(1-9-4)3(7)8/h1H,(H,7,8). The lowest BCUT2D eigenvalue weighted by molar-refractivity contribution is 0.0691. The Bertz CT molecular complexity index is 234. The van der Waals surface area contributed by atoms with Gasteiger partial charge in [-0.2, -0.15) is 0 Å². The Kier molecular flexibility index (Phi) is 1.53. The van der Waals surface area contributed by atoms with E-state index in [0.29, 0.717) is 0 Å². The van der Waals surface area contributed by atoms with Gasteiger partial charge in [-0.25, -0.2) is 9.78 Å². The van der Waals surface area contributed by atoms with E-state index in [-0.39, 0.29) is 10.6 Å². The van der Waals surface area contributed by atoms with Crippen molar-refractivity contribution >= 4 is 30.1 Å². The summed E-state index contributed by atoms with van der Waals surface area (Å²) in [5.74, 6) is -1.04. The second-order valence-corrected chi connectivity index (χ2v) is 2.27. The van der Waals surface area contributed by atoms with Crippen LogP contribution in [0.25, 0.3) is 0 Å². The number of aromatic nitrogens is 1. The van der Waals surface area contributed by atoms with E-state index < -0.39 is 5.97 Å². The van der Waals surface area contributed by atoms with E-state index in [1.54, 1.807) is 0 Å². The predicted octanol–water partition coefficient (Wildman–Crippen LogP) is -0.365. The third-order valence-corrected chi connectivity index (χ3v) is 1.41. The smallest absolute Gasteiger partial charge is 0.355 e. The molecule has 44 valence electrons. The summed E-state index contributed by atoms with van der Waals surface area (Å²) in [6.07, 6.45) is 0. The highest BCUT2D eigenvalue weighted by Crippen LogP contribution is 1.96. The van der Waals surface area contributed by atoms with Gasteiger partial charge in [0.25, 0.3) is 0 Å². The lowest BCUT2D eigenvalue weighted by atomic mass is 10.2. The van der Waals surface area contributed by atoms with Crippen molar-refractivity contribution < 1.29 is 9.90 Å². The van der Waals surface area contributed by atoms with E-state index in [4.69, 9.17) is 13.0 Å². The lowest BCUT2D eigenvalue weighted by Gasteiger charge is -1.79. The summed E-state index contributed by atoms with van der Waals surface area (Å²) in [4.78, 5) is 13.9. The first kappa shape index (κ1) is 6.29.